The Morgan fingerprint density at radius 2 is 2.05 bits per heavy atom. The average molecular weight is 290 g/mol. The molecule has 0 saturated heterocycles. The summed E-state index contributed by atoms with van der Waals surface area (Å²) >= 11 is 0. The molecule has 0 spiro atoms. The molecule has 4 N–H and O–H groups in total. The first-order valence-electron chi connectivity index (χ1n) is 5.65. The third-order valence-corrected chi connectivity index (χ3v) is 2.85. The number of aliphatic hydroxyl groups is 1. The summed E-state index contributed by atoms with van der Waals surface area (Å²) in [6, 6.07) is 4.17. The van der Waals surface area contributed by atoms with E-state index in [1.807, 2.05) is 13.8 Å². The van der Waals surface area contributed by atoms with Gasteiger partial charge in [0.25, 0.3) is 0 Å². The normalized spacial score (nSPS) is 12.5. The zero-order chi connectivity index (χ0) is 13.9. The fraction of sp³-hybridized carbons (Fsp3) is 0.462. The highest BCUT2D eigenvalue weighted by Gasteiger charge is 2.27. The lowest BCUT2D eigenvalue weighted by Gasteiger charge is -2.29. The summed E-state index contributed by atoms with van der Waals surface area (Å²) in [5, 5.41) is 19.0. The van der Waals surface area contributed by atoms with Crippen LogP contribution in [-0.2, 0) is 4.79 Å². The van der Waals surface area contributed by atoms with Crippen LogP contribution < -0.4 is 10.5 Å². The van der Waals surface area contributed by atoms with Crippen LogP contribution in [0, 0.1) is 5.41 Å². The van der Waals surface area contributed by atoms with E-state index in [0.717, 1.165) is 0 Å². The van der Waals surface area contributed by atoms with Gasteiger partial charge in [0, 0.05) is 25.0 Å². The highest BCUT2D eigenvalue weighted by Crippen LogP contribution is 2.35. The van der Waals surface area contributed by atoms with E-state index in [1.54, 1.807) is 6.07 Å². The standard InChI is InChI=1S/C13H19NO4.ClH/c1-8(16)18-11-5-4-9(6-10(11)17)12(14)13(2,3)7-15;/h4-6,12,15,17H,7,14H2,1-3H3;1H/t12-;/m0./s1. The van der Waals surface area contributed by atoms with Gasteiger partial charge < -0.3 is 20.7 Å². The molecule has 1 aromatic rings. The molecule has 0 saturated carbocycles. The van der Waals surface area contributed by atoms with Crippen LogP contribution in [0.25, 0.3) is 0 Å². The molecule has 0 radical (unpaired) electrons. The first kappa shape index (κ1) is 17.7. The van der Waals surface area contributed by atoms with Crippen molar-refractivity contribution in [2.75, 3.05) is 6.61 Å². The Morgan fingerprint density at radius 3 is 2.47 bits per heavy atom. The zero-order valence-corrected chi connectivity index (χ0v) is 12.0. The Balaban J connectivity index is 0.00000324. The third-order valence-electron chi connectivity index (χ3n) is 2.85. The second-order valence-corrected chi connectivity index (χ2v) is 4.95. The van der Waals surface area contributed by atoms with E-state index in [4.69, 9.17) is 10.5 Å². The summed E-state index contributed by atoms with van der Waals surface area (Å²) in [4.78, 5) is 10.8. The largest absolute Gasteiger partial charge is 0.504 e. The molecule has 1 atom stereocenters. The summed E-state index contributed by atoms with van der Waals surface area (Å²) in [6.07, 6.45) is 0. The number of ether oxygens (including phenoxy) is 1. The van der Waals surface area contributed by atoms with Crippen LogP contribution in [0.15, 0.2) is 18.2 Å². The van der Waals surface area contributed by atoms with Crippen molar-refractivity contribution in [3.05, 3.63) is 23.8 Å². The molecule has 6 heteroatoms. The molecule has 108 valence electrons. The Hall–Kier alpha value is -1.30. The molecule has 19 heavy (non-hydrogen) atoms. The summed E-state index contributed by atoms with van der Waals surface area (Å²) in [6.45, 7) is 4.85. The van der Waals surface area contributed by atoms with Crippen LogP contribution in [0.3, 0.4) is 0 Å². The quantitative estimate of drug-likeness (QED) is 0.580. The molecule has 0 bridgehead atoms. The number of carbonyl (C=O) groups excluding carboxylic acids is 1. The van der Waals surface area contributed by atoms with Gasteiger partial charge in [-0.3, -0.25) is 4.79 Å². The number of nitrogens with two attached hydrogens (primary N) is 1. The summed E-state index contributed by atoms with van der Waals surface area (Å²) in [5.41, 5.74) is 6.19. The maximum Gasteiger partial charge on any atom is 0.308 e. The number of phenolic OH excluding ortho intramolecular Hbond substituents is 1. The smallest absolute Gasteiger partial charge is 0.308 e. The van der Waals surface area contributed by atoms with Gasteiger partial charge in [-0.05, 0) is 17.7 Å². The Morgan fingerprint density at radius 1 is 1.47 bits per heavy atom. The Bertz CT molecular complexity index is 448. The first-order valence-corrected chi connectivity index (χ1v) is 5.65. The number of carbonyl (C=O) groups is 1. The van der Waals surface area contributed by atoms with Crippen molar-refractivity contribution in [1.29, 1.82) is 0 Å². The van der Waals surface area contributed by atoms with Crippen LogP contribution in [0.2, 0.25) is 0 Å². The maximum atomic E-state index is 10.8. The van der Waals surface area contributed by atoms with E-state index in [9.17, 15) is 15.0 Å². The monoisotopic (exact) mass is 289 g/mol. The van der Waals surface area contributed by atoms with Crippen molar-refractivity contribution in [2.45, 2.75) is 26.8 Å². The molecule has 0 amide bonds. The van der Waals surface area contributed by atoms with Gasteiger partial charge in [-0.2, -0.15) is 0 Å². The van der Waals surface area contributed by atoms with Gasteiger partial charge in [-0.1, -0.05) is 19.9 Å². The van der Waals surface area contributed by atoms with Gasteiger partial charge >= 0.3 is 5.97 Å². The summed E-state index contributed by atoms with van der Waals surface area (Å²) in [5.74, 6) is -0.551. The second kappa shape index (κ2) is 6.75. The van der Waals surface area contributed by atoms with E-state index in [-0.39, 0.29) is 30.5 Å². The van der Waals surface area contributed by atoms with Crippen LogP contribution >= 0.6 is 12.4 Å². The fourth-order valence-electron chi connectivity index (χ4n) is 1.52. The SMILES string of the molecule is CC(=O)Oc1ccc([C@H](N)C(C)(C)CO)cc1O.Cl. The molecule has 0 unspecified atom stereocenters. The fourth-order valence-corrected chi connectivity index (χ4v) is 1.52. The molecule has 1 aromatic carbocycles. The molecule has 0 aromatic heterocycles. The minimum atomic E-state index is -0.505. The van der Waals surface area contributed by atoms with E-state index < -0.39 is 17.4 Å². The molecule has 0 aliphatic rings. The van der Waals surface area contributed by atoms with E-state index in [1.165, 1.54) is 19.1 Å². The second-order valence-electron chi connectivity index (χ2n) is 4.95. The number of hydrogen-bond donors (Lipinski definition) is 3. The molecule has 1 rings (SSSR count). The number of hydrogen-bond acceptors (Lipinski definition) is 5. The average Bonchev–Trinajstić information content (AvgIpc) is 2.30. The van der Waals surface area contributed by atoms with Crippen molar-refractivity contribution < 1.29 is 19.7 Å². The molecule has 5 nitrogen and oxygen atoms in total. The third kappa shape index (κ3) is 4.38. The lowest BCUT2D eigenvalue weighted by atomic mass is 9.82. The molecular weight excluding hydrogens is 270 g/mol. The molecule has 0 fully saturated rings. The van der Waals surface area contributed by atoms with Crippen LogP contribution in [0.4, 0.5) is 0 Å². The molecule has 0 heterocycles. The van der Waals surface area contributed by atoms with Gasteiger partial charge in [0.05, 0.1) is 0 Å². The van der Waals surface area contributed by atoms with Crippen LogP contribution in [0.5, 0.6) is 11.5 Å². The number of benzene rings is 1. The lowest BCUT2D eigenvalue weighted by Crippen LogP contribution is -2.32. The number of aromatic hydroxyl groups is 1. The Labute approximate surface area is 118 Å². The predicted molar refractivity (Wildman–Crippen MR) is 74.5 cm³/mol. The van der Waals surface area contributed by atoms with Crippen molar-refractivity contribution in [2.24, 2.45) is 11.1 Å². The van der Waals surface area contributed by atoms with Crippen molar-refractivity contribution in [3.8, 4) is 11.5 Å². The molecule has 0 aliphatic carbocycles. The van der Waals surface area contributed by atoms with Gasteiger partial charge in [0.15, 0.2) is 11.5 Å². The first-order chi connectivity index (χ1) is 8.27. The van der Waals surface area contributed by atoms with Gasteiger partial charge in [0.1, 0.15) is 0 Å². The summed E-state index contributed by atoms with van der Waals surface area (Å²) in [7, 11) is 0. The Kier molecular flexibility index (Phi) is 6.29. The number of esters is 1. The van der Waals surface area contributed by atoms with Crippen molar-refractivity contribution in [1.82, 2.24) is 0 Å². The number of aliphatic hydroxyl groups excluding tert-OH is 1. The maximum absolute atomic E-state index is 10.8. The zero-order valence-electron chi connectivity index (χ0n) is 11.2. The van der Waals surface area contributed by atoms with E-state index in [0.29, 0.717) is 5.56 Å². The highest BCUT2D eigenvalue weighted by molar-refractivity contribution is 5.85. The topological polar surface area (TPSA) is 92.8 Å². The lowest BCUT2D eigenvalue weighted by molar-refractivity contribution is -0.132. The van der Waals surface area contributed by atoms with Crippen LogP contribution in [0.1, 0.15) is 32.4 Å². The number of rotatable bonds is 4. The van der Waals surface area contributed by atoms with E-state index >= 15 is 0 Å². The predicted octanol–water partition coefficient (Wildman–Crippen LogP) is 1.76. The van der Waals surface area contributed by atoms with Gasteiger partial charge in [0.2, 0.25) is 0 Å². The highest BCUT2D eigenvalue weighted by atomic mass is 35.5. The van der Waals surface area contributed by atoms with E-state index in [2.05, 4.69) is 0 Å². The summed E-state index contributed by atoms with van der Waals surface area (Å²) < 4.78 is 4.81. The van der Waals surface area contributed by atoms with Crippen LogP contribution in [-0.4, -0.2) is 22.8 Å². The molecule has 0 aliphatic heterocycles. The minimum absolute atomic E-state index is 0. The van der Waals surface area contributed by atoms with Crippen molar-refractivity contribution >= 4 is 18.4 Å². The molecular formula is C13H20ClNO4. The van der Waals surface area contributed by atoms with Gasteiger partial charge in [-0.15, -0.1) is 12.4 Å². The minimum Gasteiger partial charge on any atom is -0.504 e. The number of halogens is 1. The van der Waals surface area contributed by atoms with Crippen molar-refractivity contribution in [3.63, 3.8) is 0 Å². The number of phenols is 1. The van der Waals surface area contributed by atoms with Gasteiger partial charge in [-0.25, -0.2) is 0 Å².